The molecular formula is C21H24N6O8. The van der Waals surface area contributed by atoms with Crippen LogP contribution in [0.15, 0.2) is 33.9 Å². The number of hydrogen-bond acceptors (Lipinski definition) is 8. The minimum atomic E-state index is -1.34. The zero-order valence-electron chi connectivity index (χ0n) is 18.6. The van der Waals surface area contributed by atoms with Crippen molar-refractivity contribution < 1.29 is 29.4 Å². The summed E-state index contributed by atoms with van der Waals surface area (Å²) in [7, 11) is 0. The number of aromatic amines is 2. The summed E-state index contributed by atoms with van der Waals surface area (Å²) in [5, 5.41) is 26.2. The van der Waals surface area contributed by atoms with Gasteiger partial charge in [0.25, 0.3) is 11.5 Å². The highest BCUT2D eigenvalue weighted by Gasteiger charge is 2.32. The average molecular weight is 488 g/mol. The quantitative estimate of drug-likeness (QED) is 0.237. The van der Waals surface area contributed by atoms with Crippen LogP contribution in [0, 0.1) is 0 Å². The van der Waals surface area contributed by atoms with Crippen LogP contribution in [0.3, 0.4) is 0 Å². The first-order valence-electron chi connectivity index (χ1n) is 10.6. The summed E-state index contributed by atoms with van der Waals surface area (Å²) in [5.41, 5.74) is -0.618. The van der Waals surface area contributed by atoms with E-state index in [9.17, 15) is 33.9 Å². The molecule has 0 radical (unpaired) electrons. The summed E-state index contributed by atoms with van der Waals surface area (Å²) in [6.07, 6.45) is -0.655. The molecule has 1 unspecified atom stereocenters. The predicted molar refractivity (Wildman–Crippen MR) is 124 cm³/mol. The van der Waals surface area contributed by atoms with Crippen LogP contribution in [0.5, 0.6) is 0 Å². The summed E-state index contributed by atoms with van der Waals surface area (Å²) in [6.45, 7) is 1.79. The Morgan fingerprint density at radius 3 is 2.40 bits per heavy atom. The van der Waals surface area contributed by atoms with Crippen molar-refractivity contribution in [1.82, 2.24) is 15.3 Å². The molecule has 0 bridgehead atoms. The molecule has 3 rings (SSSR count). The lowest BCUT2D eigenvalue weighted by Crippen LogP contribution is -2.53. The van der Waals surface area contributed by atoms with Crippen LogP contribution >= 0.6 is 0 Å². The maximum Gasteiger partial charge on any atom is 0.327 e. The number of carbonyl (C=O) groups excluding carboxylic acids is 2. The number of hydrogen-bond donors (Lipinski definition) is 7. The van der Waals surface area contributed by atoms with Gasteiger partial charge in [0, 0.05) is 37.7 Å². The average Bonchev–Trinajstić information content (AvgIpc) is 2.79. The molecule has 0 saturated carbocycles. The second-order valence-electron chi connectivity index (χ2n) is 7.81. The van der Waals surface area contributed by atoms with Crippen molar-refractivity contribution in [2.45, 2.75) is 31.8 Å². The highest BCUT2D eigenvalue weighted by Crippen LogP contribution is 2.25. The molecule has 1 aliphatic rings. The van der Waals surface area contributed by atoms with Gasteiger partial charge in [0.05, 0.1) is 6.04 Å². The first-order valence-corrected chi connectivity index (χ1v) is 10.6. The Kier molecular flexibility index (Phi) is 7.53. The smallest absolute Gasteiger partial charge is 0.327 e. The minimum Gasteiger partial charge on any atom is -0.481 e. The third-order valence-corrected chi connectivity index (χ3v) is 5.32. The summed E-state index contributed by atoms with van der Waals surface area (Å²) >= 11 is 0. The van der Waals surface area contributed by atoms with Crippen molar-refractivity contribution in [2.75, 3.05) is 28.6 Å². The predicted octanol–water partition coefficient (Wildman–Crippen LogP) is -0.630. The highest BCUT2D eigenvalue weighted by molar-refractivity contribution is 5.97. The van der Waals surface area contributed by atoms with Crippen LogP contribution in [-0.2, 0) is 14.4 Å². The van der Waals surface area contributed by atoms with Gasteiger partial charge in [0.15, 0.2) is 5.69 Å². The van der Waals surface area contributed by atoms with Crippen molar-refractivity contribution in [3.63, 3.8) is 0 Å². The molecule has 1 aromatic heterocycles. The SMILES string of the molecule is CC(=O)N1c2c([nH]c(=O)[nH]c2=O)NCC1CNc1ccc(C(=O)N[C@@H](CCC(=O)O)C(=O)O)cc1. The highest BCUT2D eigenvalue weighted by atomic mass is 16.4. The Labute approximate surface area is 197 Å². The molecule has 14 heteroatoms. The van der Waals surface area contributed by atoms with E-state index in [1.807, 2.05) is 0 Å². The lowest BCUT2D eigenvalue weighted by Gasteiger charge is -2.36. The van der Waals surface area contributed by atoms with Crippen molar-refractivity contribution in [2.24, 2.45) is 0 Å². The number of carboxylic acids is 2. The summed E-state index contributed by atoms with van der Waals surface area (Å²) in [6, 6.07) is 4.26. The van der Waals surface area contributed by atoms with Crippen LogP contribution in [0.2, 0.25) is 0 Å². The number of carbonyl (C=O) groups is 4. The zero-order chi connectivity index (χ0) is 25.7. The standard InChI is InChI=1S/C21H24N6O8/c1-10(28)27-13(9-23-17-16(27)19(32)26-21(35)25-17)8-22-12-4-2-11(3-5-12)18(31)24-14(20(33)34)6-7-15(29)30/h2-5,13-14,22H,6-9H2,1H3,(H,24,31)(H,29,30)(H,33,34)(H3,23,25,26,32,35)/t13?,14-/m0/s1. The number of carboxylic acid groups (broad SMARTS) is 2. The molecule has 0 spiro atoms. The molecule has 1 aromatic carbocycles. The van der Waals surface area contributed by atoms with Crippen molar-refractivity contribution in [1.29, 1.82) is 0 Å². The molecular weight excluding hydrogens is 464 g/mol. The van der Waals surface area contributed by atoms with Crippen LogP contribution in [0.25, 0.3) is 0 Å². The van der Waals surface area contributed by atoms with Crippen molar-refractivity contribution in [3.8, 4) is 0 Å². The number of benzene rings is 1. The Balaban J connectivity index is 1.65. The van der Waals surface area contributed by atoms with E-state index in [0.29, 0.717) is 5.69 Å². The number of nitrogens with one attached hydrogen (secondary N) is 5. The van der Waals surface area contributed by atoms with Gasteiger partial charge < -0.3 is 26.2 Å². The lowest BCUT2D eigenvalue weighted by atomic mass is 10.1. The van der Waals surface area contributed by atoms with Gasteiger partial charge >= 0.3 is 17.6 Å². The molecule has 35 heavy (non-hydrogen) atoms. The lowest BCUT2D eigenvalue weighted by molar-refractivity contribution is -0.140. The number of rotatable bonds is 9. The van der Waals surface area contributed by atoms with E-state index in [-0.39, 0.29) is 42.5 Å². The number of H-pyrrole nitrogens is 2. The monoisotopic (exact) mass is 488 g/mol. The molecule has 2 atom stereocenters. The number of anilines is 3. The van der Waals surface area contributed by atoms with Gasteiger partial charge in [0.2, 0.25) is 5.91 Å². The zero-order valence-corrected chi connectivity index (χ0v) is 18.6. The maximum absolute atomic E-state index is 12.4. The number of fused-ring (bicyclic) bond motifs is 1. The van der Waals surface area contributed by atoms with E-state index >= 15 is 0 Å². The van der Waals surface area contributed by atoms with Crippen molar-refractivity contribution in [3.05, 3.63) is 50.7 Å². The number of amides is 2. The van der Waals surface area contributed by atoms with Crippen LogP contribution in [0.1, 0.15) is 30.1 Å². The largest absolute Gasteiger partial charge is 0.481 e. The first kappa shape index (κ1) is 25.0. The third-order valence-electron chi connectivity index (χ3n) is 5.32. The van der Waals surface area contributed by atoms with Gasteiger partial charge in [-0.2, -0.15) is 0 Å². The van der Waals surface area contributed by atoms with Crippen LogP contribution in [0.4, 0.5) is 17.2 Å². The topological polar surface area (TPSA) is 214 Å². The van der Waals surface area contributed by atoms with E-state index in [1.54, 1.807) is 12.1 Å². The molecule has 2 amide bonds. The first-order chi connectivity index (χ1) is 16.6. The fourth-order valence-electron chi connectivity index (χ4n) is 3.65. The third kappa shape index (κ3) is 6.04. The summed E-state index contributed by atoms with van der Waals surface area (Å²) in [4.78, 5) is 76.2. The fourth-order valence-corrected chi connectivity index (χ4v) is 3.65. The molecule has 0 saturated heterocycles. The molecule has 7 N–H and O–H groups in total. The van der Waals surface area contributed by atoms with Crippen LogP contribution in [-0.4, -0.2) is 69.1 Å². The molecule has 14 nitrogen and oxygen atoms in total. The van der Waals surface area contributed by atoms with Gasteiger partial charge in [-0.3, -0.25) is 34.0 Å². The van der Waals surface area contributed by atoms with Gasteiger partial charge in [0.1, 0.15) is 11.9 Å². The van der Waals surface area contributed by atoms with E-state index < -0.39 is 47.6 Å². The van der Waals surface area contributed by atoms with Gasteiger partial charge in [-0.1, -0.05) is 0 Å². The Bertz CT molecular complexity index is 1250. The molecule has 1 aliphatic heterocycles. The minimum absolute atomic E-state index is 0.0121. The maximum atomic E-state index is 12.4. The summed E-state index contributed by atoms with van der Waals surface area (Å²) < 4.78 is 0. The van der Waals surface area contributed by atoms with Gasteiger partial charge in [-0.05, 0) is 30.7 Å². The second kappa shape index (κ2) is 10.5. The normalized spacial score (nSPS) is 15.3. The number of nitrogens with zero attached hydrogens (tertiary/aromatic N) is 1. The second-order valence-corrected chi connectivity index (χ2v) is 7.81. The number of aromatic nitrogens is 2. The molecule has 2 heterocycles. The van der Waals surface area contributed by atoms with Crippen LogP contribution < -0.4 is 32.1 Å². The van der Waals surface area contributed by atoms with E-state index in [1.165, 1.54) is 24.0 Å². The molecule has 2 aromatic rings. The Morgan fingerprint density at radius 1 is 1.11 bits per heavy atom. The van der Waals surface area contributed by atoms with Gasteiger partial charge in [-0.15, -0.1) is 0 Å². The molecule has 0 fully saturated rings. The van der Waals surface area contributed by atoms with E-state index in [4.69, 9.17) is 5.11 Å². The molecule has 0 aliphatic carbocycles. The molecule has 186 valence electrons. The van der Waals surface area contributed by atoms with Gasteiger partial charge in [-0.25, -0.2) is 9.59 Å². The Morgan fingerprint density at radius 2 is 1.80 bits per heavy atom. The summed E-state index contributed by atoms with van der Waals surface area (Å²) in [5.74, 6) is -3.40. The fraction of sp³-hybridized carbons (Fsp3) is 0.333. The number of aliphatic carboxylic acids is 2. The van der Waals surface area contributed by atoms with Crippen molar-refractivity contribution >= 4 is 40.9 Å². The van der Waals surface area contributed by atoms with E-state index in [0.717, 1.165) is 0 Å². The van der Waals surface area contributed by atoms with E-state index in [2.05, 4.69) is 25.9 Å². The Hall–Kier alpha value is -4.62.